The van der Waals surface area contributed by atoms with E-state index in [4.69, 9.17) is 4.74 Å². The molecule has 0 amide bonds. The Morgan fingerprint density at radius 3 is 3.06 bits per heavy atom. The number of aromatic nitrogens is 2. The Hall–Kier alpha value is -2.14. The maximum atomic E-state index is 12.3. The first-order valence-corrected chi connectivity index (χ1v) is 6.27. The number of ether oxygens (including phenoxy) is 1. The second kappa shape index (κ2) is 4.27. The van der Waals surface area contributed by atoms with Crippen LogP contribution in [0, 0.1) is 0 Å². The van der Waals surface area contributed by atoms with E-state index in [1.54, 1.807) is 13.4 Å². The molecule has 3 aromatic rings. The van der Waals surface area contributed by atoms with E-state index in [-0.39, 0.29) is 5.56 Å². The van der Waals surface area contributed by atoms with E-state index in [0.29, 0.717) is 10.4 Å². The van der Waals surface area contributed by atoms with Crippen molar-refractivity contribution in [3.8, 4) is 11.4 Å². The van der Waals surface area contributed by atoms with Gasteiger partial charge in [-0.2, -0.15) is 0 Å². The third-order valence-electron chi connectivity index (χ3n) is 2.70. The summed E-state index contributed by atoms with van der Waals surface area (Å²) in [5, 5.41) is 1.87. The van der Waals surface area contributed by atoms with Gasteiger partial charge in [-0.25, -0.2) is 4.98 Å². The molecule has 2 aromatic heterocycles. The molecule has 0 aliphatic rings. The minimum Gasteiger partial charge on any atom is -0.497 e. The first-order chi connectivity index (χ1) is 8.79. The zero-order valence-corrected chi connectivity index (χ0v) is 10.5. The van der Waals surface area contributed by atoms with Gasteiger partial charge in [0.25, 0.3) is 5.56 Å². The Morgan fingerprint density at radius 2 is 2.22 bits per heavy atom. The molecule has 0 saturated heterocycles. The molecule has 1 aromatic carbocycles. The van der Waals surface area contributed by atoms with Crippen LogP contribution in [0.1, 0.15) is 0 Å². The normalized spacial score (nSPS) is 10.7. The van der Waals surface area contributed by atoms with Crippen LogP contribution in [0.25, 0.3) is 15.9 Å². The van der Waals surface area contributed by atoms with Crippen molar-refractivity contribution in [2.45, 2.75) is 0 Å². The molecule has 0 saturated carbocycles. The second-order valence-electron chi connectivity index (χ2n) is 3.76. The molecule has 3 rings (SSSR count). The Kier molecular flexibility index (Phi) is 2.60. The van der Waals surface area contributed by atoms with E-state index in [1.165, 1.54) is 15.9 Å². The van der Waals surface area contributed by atoms with Crippen LogP contribution in [-0.2, 0) is 0 Å². The predicted octanol–water partition coefficient (Wildman–Crippen LogP) is 2.46. The van der Waals surface area contributed by atoms with Crippen LogP contribution in [0.3, 0.4) is 0 Å². The SMILES string of the molecule is COc1cccc(-n2cnc3ccsc3c2=O)c1. The van der Waals surface area contributed by atoms with E-state index in [2.05, 4.69) is 4.98 Å². The molecule has 0 spiro atoms. The van der Waals surface area contributed by atoms with Crippen molar-refractivity contribution in [1.82, 2.24) is 9.55 Å². The predicted molar refractivity (Wildman–Crippen MR) is 71.8 cm³/mol. The van der Waals surface area contributed by atoms with Crippen LogP contribution in [0.4, 0.5) is 0 Å². The van der Waals surface area contributed by atoms with Crippen molar-refractivity contribution >= 4 is 21.6 Å². The molecule has 0 bridgehead atoms. The lowest BCUT2D eigenvalue weighted by Gasteiger charge is -2.06. The third kappa shape index (κ3) is 1.69. The van der Waals surface area contributed by atoms with E-state index in [0.717, 1.165) is 11.2 Å². The van der Waals surface area contributed by atoms with Gasteiger partial charge < -0.3 is 4.74 Å². The highest BCUT2D eigenvalue weighted by molar-refractivity contribution is 7.17. The third-order valence-corrected chi connectivity index (χ3v) is 3.59. The number of hydrogen-bond acceptors (Lipinski definition) is 4. The van der Waals surface area contributed by atoms with Gasteiger partial charge >= 0.3 is 0 Å². The van der Waals surface area contributed by atoms with Crippen LogP contribution in [0.5, 0.6) is 5.75 Å². The van der Waals surface area contributed by atoms with Gasteiger partial charge in [-0.1, -0.05) is 6.07 Å². The van der Waals surface area contributed by atoms with Gasteiger partial charge in [-0.15, -0.1) is 11.3 Å². The highest BCUT2D eigenvalue weighted by atomic mass is 32.1. The summed E-state index contributed by atoms with van der Waals surface area (Å²) in [6, 6.07) is 9.19. The van der Waals surface area contributed by atoms with Crippen molar-refractivity contribution < 1.29 is 4.74 Å². The van der Waals surface area contributed by atoms with Gasteiger partial charge in [0.1, 0.15) is 16.8 Å². The lowest BCUT2D eigenvalue weighted by Crippen LogP contribution is -2.17. The second-order valence-corrected chi connectivity index (χ2v) is 4.67. The summed E-state index contributed by atoms with van der Waals surface area (Å²) in [5.74, 6) is 0.714. The molecule has 0 unspecified atom stereocenters. The van der Waals surface area contributed by atoms with Crippen LogP contribution < -0.4 is 10.3 Å². The van der Waals surface area contributed by atoms with Crippen LogP contribution in [-0.4, -0.2) is 16.7 Å². The molecule has 0 atom stereocenters. The summed E-state index contributed by atoms with van der Waals surface area (Å²) in [4.78, 5) is 16.5. The molecule has 18 heavy (non-hydrogen) atoms. The van der Waals surface area contributed by atoms with Gasteiger partial charge in [0.05, 0.1) is 18.3 Å². The van der Waals surface area contributed by atoms with Gasteiger partial charge in [0.2, 0.25) is 0 Å². The molecule has 0 radical (unpaired) electrons. The molecule has 2 heterocycles. The van der Waals surface area contributed by atoms with Crippen LogP contribution in [0.2, 0.25) is 0 Å². The summed E-state index contributed by atoms with van der Waals surface area (Å²) in [6.07, 6.45) is 1.55. The summed E-state index contributed by atoms with van der Waals surface area (Å²) in [6.45, 7) is 0. The van der Waals surface area contributed by atoms with Crippen molar-refractivity contribution in [1.29, 1.82) is 0 Å². The molecular weight excluding hydrogens is 248 g/mol. The van der Waals surface area contributed by atoms with E-state index in [1.807, 2.05) is 35.7 Å². The monoisotopic (exact) mass is 258 g/mol. The highest BCUT2D eigenvalue weighted by Crippen LogP contribution is 2.17. The van der Waals surface area contributed by atoms with Crippen molar-refractivity contribution in [3.05, 3.63) is 52.4 Å². The number of hydrogen-bond donors (Lipinski definition) is 0. The van der Waals surface area contributed by atoms with Crippen LogP contribution in [0.15, 0.2) is 46.8 Å². The van der Waals surface area contributed by atoms with Crippen molar-refractivity contribution in [2.75, 3.05) is 7.11 Å². The largest absolute Gasteiger partial charge is 0.497 e. The molecule has 0 aliphatic heterocycles. The lowest BCUT2D eigenvalue weighted by atomic mass is 10.3. The maximum absolute atomic E-state index is 12.3. The summed E-state index contributed by atoms with van der Waals surface area (Å²) in [7, 11) is 1.60. The molecule has 0 N–H and O–H groups in total. The Labute approximate surface area is 107 Å². The first kappa shape index (κ1) is 11.0. The van der Waals surface area contributed by atoms with E-state index in [9.17, 15) is 4.79 Å². The average molecular weight is 258 g/mol. The van der Waals surface area contributed by atoms with E-state index < -0.39 is 0 Å². The van der Waals surface area contributed by atoms with Gasteiger partial charge in [0, 0.05) is 6.07 Å². The average Bonchev–Trinajstić information content (AvgIpc) is 2.88. The topological polar surface area (TPSA) is 44.1 Å². The molecule has 0 aliphatic carbocycles. The smallest absolute Gasteiger partial charge is 0.275 e. The molecule has 0 fully saturated rings. The molecule has 90 valence electrons. The molecule has 5 heteroatoms. The minimum absolute atomic E-state index is 0.0525. The van der Waals surface area contributed by atoms with Gasteiger partial charge in [-0.05, 0) is 23.6 Å². The van der Waals surface area contributed by atoms with Gasteiger partial charge in [0.15, 0.2) is 0 Å². The molecular formula is C13H10N2O2S. The number of nitrogens with zero attached hydrogens (tertiary/aromatic N) is 2. The zero-order chi connectivity index (χ0) is 12.5. The van der Waals surface area contributed by atoms with Crippen molar-refractivity contribution in [2.24, 2.45) is 0 Å². The zero-order valence-electron chi connectivity index (χ0n) is 9.66. The summed E-state index contributed by atoms with van der Waals surface area (Å²) in [5.41, 5.74) is 1.44. The first-order valence-electron chi connectivity index (χ1n) is 5.39. The Morgan fingerprint density at radius 1 is 1.33 bits per heavy atom. The minimum atomic E-state index is -0.0525. The molecule has 4 nitrogen and oxygen atoms in total. The summed E-state index contributed by atoms with van der Waals surface area (Å²) < 4.78 is 7.35. The lowest BCUT2D eigenvalue weighted by molar-refractivity contribution is 0.414. The standard InChI is InChI=1S/C13H10N2O2S/c1-17-10-4-2-3-9(7-10)15-8-14-11-5-6-18-12(11)13(15)16/h2-8H,1H3. The number of thiophene rings is 1. The number of methoxy groups -OCH3 is 1. The maximum Gasteiger partial charge on any atom is 0.275 e. The number of rotatable bonds is 2. The highest BCUT2D eigenvalue weighted by Gasteiger charge is 2.07. The fourth-order valence-electron chi connectivity index (χ4n) is 1.79. The fourth-order valence-corrected chi connectivity index (χ4v) is 2.56. The number of fused-ring (bicyclic) bond motifs is 1. The quantitative estimate of drug-likeness (QED) is 0.709. The fraction of sp³-hybridized carbons (Fsp3) is 0.0769. The van der Waals surface area contributed by atoms with Crippen molar-refractivity contribution in [3.63, 3.8) is 0 Å². The Bertz CT molecular complexity index is 761. The van der Waals surface area contributed by atoms with Crippen LogP contribution >= 0.6 is 11.3 Å². The summed E-state index contributed by atoms with van der Waals surface area (Å²) >= 11 is 1.41. The Balaban J connectivity index is 2.24. The number of benzene rings is 1. The van der Waals surface area contributed by atoms with E-state index >= 15 is 0 Å². The van der Waals surface area contributed by atoms with Gasteiger partial charge in [-0.3, -0.25) is 9.36 Å².